The average Bonchev–Trinajstić information content (AvgIpc) is 3.57. The lowest BCUT2D eigenvalue weighted by molar-refractivity contribution is -0.253. The van der Waals surface area contributed by atoms with Crippen LogP contribution in [-0.4, -0.2) is 86.0 Å². The van der Waals surface area contributed by atoms with E-state index in [2.05, 4.69) is 15.0 Å². The van der Waals surface area contributed by atoms with Crippen LogP contribution >= 0.6 is 0 Å². The summed E-state index contributed by atoms with van der Waals surface area (Å²) in [6, 6.07) is 7.73. The van der Waals surface area contributed by atoms with Crippen molar-refractivity contribution in [3.8, 4) is 0 Å². The number of benzene rings is 1. The number of imidazole rings is 1. The summed E-state index contributed by atoms with van der Waals surface area (Å²) in [7, 11) is 0. The first-order valence-corrected chi connectivity index (χ1v) is 13.6. The lowest BCUT2D eigenvalue weighted by atomic mass is 9.84. The molecule has 0 radical (unpaired) electrons. The number of H-pyrrole nitrogens is 2. The number of aliphatic hydroxyl groups excluding tert-OH is 3. The third-order valence-electron chi connectivity index (χ3n) is 7.24. The van der Waals surface area contributed by atoms with Crippen LogP contribution in [0.4, 0.5) is 0 Å². The van der Waals surface area contributed by atoms with Crippen LogP contribution in [0.5, 0.6) is 0 Å². The number of rotatable bonds is 13. The third kappa shape index (κ3) is 6.86. The van der Waals surface area contributed by atoms with Crippen molar-refractivity contribution in [3.05, 3.63) is 53.7 Å². The standard InChI is InChI=1S/C28H40N4O7/c1-16-14-31-27(32-16)28(36)39-25-22(34)21(33)24(37-13-9-5-3-4-8-12-29)23(35)26(25)38-17(2)19-15-30-20-11-7-6-10-18(19)20/h6-7,10-11,14-15,17,21-26,30,33-35H,3-5,8-9,12-13,29H2,1-2H3,(H,31,32). The average molecular weight is 545 g/mol. The van der Waals surface area contributed by atoms with E-state index in [1.165, 1.54) is 0 Å². The number of carbonyl (C=O) groups is 1. The Bertz CT molecular complexity index is 1200. The minimum atomic E-state index is -1.57. The van der Waals surface area contributed by atoms with Crippen LogP contribution in [0, 0.1) is 6.92 Å². The van der Waals surface area contributed by atoms with Gasteiger partial charge in [0.1, 0.15) is 30.5 Å². The van der Waals surface area contributed by atoms with Crippen molar-refractivity contribution in [2.75, 3.05) is 13.2 Å². The van der Waals surface area contributed by atoms with Crippen molar-refractivity contribution in [1.29, 1.82) is 0 Å². The number of para-hydroxylation sites is 1. The Kier molecular flexibility index (Phi) is 10.1. The maximum atomic E-state index is 12.8. The molecule has 1 aromatic carbocycles. The topological polar surface area (TPSA) is 176 Å². The van der Waals surface area contributed by atoms with Crippen LogP contribution in [0.25, 0.3) is 10.9 Å². The van der Waals surface area contributed by atoms with E-state index in [1.54, 1.807) is 13.1 Å². The van der Waals surface area contributed by atoms with Gasteiger partial charge in [-0.05, 0) is 39.3 Å². The zero-order valence-corrected chi connectivity index (χ0v) is 22.5. The van der Waals surface area contributed by atoms with Gasteiger partial charge in [0.2, 0.25) is 5.82 Å². The van der Waals surface area contributed by atoms with Gasteiger partial charge in [-0.15, -0.1) is 0 Å². The zero-order valence-electron chi connectivity index (χ0n) is 22.5. The zero-order chi connectivity index (χ0) is 27.9. The molecule has 0 bridgehead atoms. The smallest absolute Gasteiger partial charge is 0.374 e. The number of hydrogen-bond acceptors (Lipinski definition) is 9. The molecule has 1 saturated carbocycles. The van der Waals surface area contributed by atoms with Gasteiger partial charge in [0.25, 0.3) is 0 Å². The number of fused-ring (bicyclic) bond motifs is 1. The highest BCUT2D eigenvalue weighted by atomic mass is 16.6. The molecule has 0 amide bonds. The second kappa shape index (κ2) is 13.5. The molecule has 214 valence electrons. The summed E-state index contributed by atoms with van der Waals surface area (Å²) >= 11 is 0. The predicted octanol–water partition coefficient (Wildman–Crippen LogP) is 2.26. The van der Waals surface area contributed by atoms with Crippen molar-refractivity contribution in [2.24, 2.45) is 5.73 Å². The molecular weight excluding hydrogens is 504 g/mol. The predicted molar refractivity (Wildman–Crippen MR) is 144 cm³/mol. The summed E-state index contributed by atoms with van der Waals surface area (Å²) in [5, 5.41) is 34.2. The second-order valence-corrected chi connectivity index (χ2v) is 10.2. The minimum absolute atomic E-state index is 0.0554. The van der Waals surface area contributed by atoms with E-state index in [0.29, 0.717) is 12.2 Å². The number of aryl methyl sites for hydroxylation is 1. The molecule has 11 nitrogen and oxygen atoms in total. The SMILES string of the molecule is Cc1c[nH]c(C(=O)OC2C(O)C(O)C(OCCCCCCCN)C(O)C2OC(C)c2c[nH]c3ccccc23)n1. The number of hydrogen-bond donors (Lipinski definition) is 6. The molecule has 7 unspecified atom stereocenters. The highest BCUT2D eigenvalue weighted by Crippen LogP contribution is 2.34. The van der Waals surface area contributed by atoms with E-state index >= 15 is 0 Å². The molecule has 0 spiro atoms. The molecule has 4 rings (SSSR count). The van der Waals surface area contributed by atoms with Gasteiger partial charge in [0, 0.05) is 35.5 Å². The number of unbranched alkanes of at least 4 members (excludes halogenated alkanes) is 4. The summed E-state index contributed by atoms with van der Waals surface area (Å²) in [4.78, 5) is 22.8. The monoisotopic (exact) mass is 544 g/mol. The number of aliphatic hydroxyl groups is 3. The molecule has 2 aromatic heterocycles. The van der Waals surface area contributed by atoms with Crippen molar-refractivity contribution >= 4 is 16.9 Å². The Morgan fingerprint density at radius 1 is 0.974 bits per heavy atom. The molecule has 39 heavy (non-hydrogen) atoms. The van der Waals surface area contributed by atoms with Crippen molar-refractivity contribution in [2.45, 2.75) is 88.7 Å². The van der Waals surface area contributed by atoms with Crippen LogP contribution in [0.3, 0.4) is 0 Å². The normalized spacial score (nSPS) is 26.1. The first-order valence-electron chi connectivity index (χ1n) is 13.6. The number of esters is 1. The van der Waals surface area contributed by atoms with Crippen molar-refractivity contribution < 1.29 is 34.3 Å². The molecule has 11 heteroatoms. The van der Waals surface area contributed by atoms with Crippen molar-refractivity contribution in [3.63, 3.8) is 0 Å². The Morgan fingerprint density at radius 3 is 2.44 bits per heavy atom. The number of nitrogens with two attached hydrogens (primary N) is 1. The van der Waals surface area contributed by atoms with Crippen LogP contribution in [0.1, 0.15) is 67.0 Å². The summed E-state index contributed by atoms with van der Waals surface area (Å²) in [5.74, 6) is -0.892. The van der Waals surface area contributed by atoms with Crippen LogP contribution in [0.2, 0.25) is 0 Å². The maximum Gasteiger partial charge on any atom is 0.374 e. The Balaban J connectivity index is 1.51. The molecule has 7 atom stereocenters. The molecule has 7 N–H and O–H groups in total. The number of nitrogens with zero attached hydrogens (tertiary/aromatic N) is 1. The molecule has 1 aliphatic rings. The van der Waals surface area contributed by atoms with Gasteiger partial charge >= 0.3 is 5.97 Å². The second-order valence-electron chi connectivity index (χ2n) is 10.2. The Morgan fingerprint density at radius 2 is 1.69 bits per heavy atom. The van der Waals surface area contributed by atoms with Crippen molar-refractivity contribution in [1.82, 2.24) is 15.0 Å². The van der Waals surface area contributed by atoms with Gasteiger partial charge < -0.3 is 45.2 Å². The van der Waals surface area contributed by atoms with Gasteiger partial charge in [-0.3, -0.25) is 0 Å². The number of aromatic amines is 2. The van der Waals surface area contributed by atoms with E-state index in [0.717, 1.165) is 48.6 Å². The molecule has 2 heterocycles. The fraction of sp³-hybridized carbons (Fsp3) is 0.571. The fourth-order valence-corrected chi connectivity index (χ4v) is 5.09. The first-order chi connectivity index (χ1) is 18.8. The number of nitrogens with one attached hydrogen (secondary N) is 2. The largest absolute Gasteiger partial charge is 0.451 e. The molecule has 0 aliphatic heterocycles. The van der Waals surface area contributed by atoms with Gasteiger partial charge in [-0.2, -0.15) is 0 Å². The fourth-order valence-electron chi connectivity index (χ4n) is 5.09. The Hall–Kier alpha value is -2.80. The Labute approximate surface area is 227 Å². The first kappa shape index (κ1) is 29.2. The lowest BCUT2D eigenvalue weighted by Gasteiger charge is -2.45. The number of ether oxygens (including phenoxy) is 3. The van der Waals surface area contributed by atoms with E-state index in [9.17, 15) is 20.1 Å². The van der Waals surface area contributed by atoms with E-state index in [1.807, 2.05) is 37.4 Å². The summed E-state index contributed by atoms with van der Waals surface area (Å²) in [6.45, 7) is 4.48. The van der Waals surface area contributed by atoms with Gasteiger partial charge in [-0.1, -0.05) is 37.5 Å². The highest BCUT2D eigenvalue weighted by molar-refractivity contribution is 5.85. The van der Waals surface area contributed by atoms with E-state index in [4.69, 9.17) is 19.9 Å². The number of carbonyl (C=O) groups excluding carboxylic acids is 1. The summed E-state index contributed by atoms with van der Waals surface area (Å²) in [5.41, 5.74) is 7.88. The maximum absolute atomic E-state index is 12.8. The van der Waals surface area contributed by atoms with E-state index < -0.39 is 48.7 Å². The molecule has 1 fully saturated rings. The minimum Gasteiger partial charge on any atom is -0.451 e. The highest BCUT2D eigenvalue weighted by Gasteiger charge is 2.53. The third-order valence-corrected chi connectivity index (χ3v) is 7.24. The summed E-state index contributed by atoms with van der Waals surface area (Å²) < 4.78 is 17.7. The van der Waals surface area contributed by atoms with Crippen LogP contribution in [0.15, 0.2) is 36.7 Å². The van der Waals surface area contributed by atoms with E-state index in [-0.39, 0.29) is 12.4 Å². The molecule has 3 aromatic rings. The van der Waals surface area contributed by atoms with Gasteiger partial charge in [0.15, 0.2) is 6.10 Å². The van der Waals surface area contributed by atoms with Gasteiger partial charge in [-0.25, -0.2) is 9.78 Å². The molecule has 1 aliphatic carbocycles. The molecular formula is C28H40N4O7. The van der Waals surface area contributed by atoms with Gasteiger partial charge in [0.05, 0.1) is 11.8 Å². The number of aromatic nitrogens is 3. The summed E-state index contributed by atoms with van der Waals surface area (Å²) in [6.07, 6.45) is -0.688. The van der Waals surface area contributed by atoms with Crippen LogP contribution in [-0.2, 0) is 14.2 Å². The lowest BCUT2D eigenvalue weighted by Crippen LogP contribution is -2.66. The van der Waals surface area contributed by atoms with Crippen LogP contribution < -0.4 is 5.73 Å². The molecule has 0 saturated heterocycles. The quantitative estimate of drug-likeness (QED) is 0.139.